The molecule has 0 aromatic rings. The Bertz CT molecular complexity index is 226. The van der Waals surface area contributed by atoms with Crippen molar-refractivity contribution in [2.24, 2.45) is 0 Å². The molecule has 94 valence electrons. The lowest BCUT2D eigenvalue weighted by molar-refractivity contribution is 0.0506. The summed E-state index contributed by atoms with van der Waals surface area (Å²) in [5, 5.41) is 3.63. The molecule has 16 heavy (non-hydrogen) atoms. The van der Waals surface area contributed by atoms with Crippen LogP contribution >= 0.6 is 0 Å². The molecule has 0 radical (unpaired) electrons. The molecule has 1 aliphatic heterocycles. The molecule has 1 heterocycles. The molecule has 0 aromatic heterocycles. The van der Waals surface area contributed by atoms with Crippen LogP contribution in [0.15, 0.2) is 0 Å². The first kappa shape index (κ1) is 12.3. The van der Waals surface area contributed by atoms with Crippen molar-refractivity contribution in [3.63, 3.8) is 0 Å². The zero-order valence-electron chi connectivity index (χ0n) is 11.0. The number of ether oxygens (including phenoxy) is 1. The standard InChI is InChI=1S/C13H26N2O/c1-13(2)7-4-8-15(13)12(10-16-3)9-14-11-5-6-11/h11-12,14H,4-10H2,1-3H3. The summed E-state index contributed by atoms with van der Waals surface area (Å²) in [4.78, 5) is 2.63. The van der Waals surface area contributed by atoms with Crippen LogP contribution < -0.4 is 5.32 Å². The van der Waals surface area contributed by atoms with E-state index in [9.17, 15) is 0 Å². The van der Waals surface area contributed by atoms with Gasteiger partial charge in [-0.1, -0.05) is 0 Å². The van der Waals surface area contributed by atoms with Crippen molar-refractivity contribution in [2.75, 3.05) is 26.8 Å². The molecule has 3 nitrogen and oxygen atoms in total. The minimum atomic E-state index is 0.356. The number of hydrogen-bond acceptors (Lipinski definition) is 3. The SMILES string of the molecule is COCC(CNC1CC1)N1CCCC1(C)C. The van der Waals surface area contributed by atoms with Gasteiger partial charge in [0, 0.05) is 31.3 Å². The van der Waals surface area contributed by atoms with Gasteiger partial charge in [0.25, 0.3) is 0 Å². The van der Waals surface area contributed by atoms with E-state index in [0.29, 0.717) is 11.6 Å². The minimum absolute atomic E-state index is 0.356. The second-order valence-electron chi connectivity index (χ2n) is 5.90. The molecule has 1 N–H and O–H groups in total. The first-order chi connectivity index (χ1) is 7.63. The van der Waals surface area contributed by atoms with E-state index in [-0.39, 0.29) is 0 Å². The van der Waals surface area contributed by atoms with Crippen molar-refractivity contribution < 1.29 is 4.74 Å². The molecular weight excluding hydrogens is 200 g/mol. The van der Waals surface area contributed by atoms with E-state index in [4.69, 9.17) is 4.74 Å². The van der Waals surface area contributed by atoms with Gasteiger partial charge in [0.1, 0.15) is 0 Å². The highest BCUT2D eigenvalue weighted by Crippen LogP contribution is 2.30. The second-order valence-corrected chi connectivity index (χ2v) is 5.90. The summed E-state index contributed by atoms with van der Waals surface area (Å²) in [6.07, 6.45) is 5.37. The molecule has 0 bridgehead atoms. The summed E-state index contributed by atoms with van der Waals surface area (Å²) in [5.41, 5.74) is 0.356. The first-order valence-electron chi connectivity index (χ1n) is 6.62. The quantitative estimate of drug-likeness (QED) is 0.745. The molecule has 0 amide bonds. The van der Waals surface area contributed by atoms with E-state index in [2.05, 4.69) is 24.1 Å². The average Bonchev–Trinajstić information content (AvgIpc) is 2.98. The van der Waals surface area contributed by atoms with Crippen LogP contribution in [0.1, 0.15) is 39.5 Å². The Hall–Kier alpha value is -0.120. The Morgan fingerprint density at radius 2 is 2.19 bits per heavy atom. The van der Waals surface area contributed by atoms with Crippen LogP contribution in [0.25, 0.3) is 0 Å². The summed E-state index contributed by atoms with van der Waals surface area (Å²) < 4.78 is 5.38. The fourth-order valence-corrected chi connectivity index (χ4v) is 2.85. The highest BCUT2D eigenvalue weighted by atomic mass is 16.5. The van der Waals surface area contributed by atoms with Gasteiger partial charge < -0.3 is 10.1 Å². The molecule has 1 atom stereocenters. The van der Waals surface area contributed by atoms with E-state index in [1.54, 1.807) is 0 Å². The van der Waals surface area contributed by atoms with Gasteiger partial charge in [-0.05, 0) is 46.1 Å². The molecular formula is C13H26N2O. The number of methoxy groups -OCH3 is 1. The van der Waals surface area contributed by atoms with Crippen LogP contribution in [0.2, 0.25) is 0 Å². The summed E-state index contributed by atoms with van der Waals surface area (Å²) in [6.45, 7) is 7.89. The average molecular weight is 226 g/mol. The smallest absolute Gasteiger partial charge is 0.0630 e. The monoisotopic (exact) mass is 226 g/mol. The van der Waals surface area contributed by atoms with Crippen LogP contribution in [-0.2, 0) is 4.74 Å². The van der Waals surface area contributed by atoms with Crippen LogP contribution in [0.3, 0.4) is 0 Å². The molecule has 1 saturated carbocycles. The van der Waals surface area contributed by atoms with Gasteiger partial charge in [0.15, 0.2) is 0 Å². The maximum Gasteiger partial charge on any atom is 0.0630 e. The number of rotatable bonds is 6. The van der Waals surface area contributed by atoms with Crippen LogP contribution in [0.5, 0.6) is 0 Å². The highest BCUT2D eigenvalue weighted by Gasteiger charge is 2.37. The van der Waals surface area contributed by atoms with E-state index >= 15 is 0 Å². The lowest BCUT2D eigenvalue weighted by Crippen LogP contribution is -2.51. The Kier molecular flexibility index (Phi) is 3.88. The van der Waals surface area contributed by atoms with E-state index in [0.717, 1.165) is 19.2 Å². The predicted octanol–water partition coefficient (Wildman–Crippen LogP) is 1.63. The number of nitrogens with one attached hydrogen (secondary N) is 1. The summed E-state index contributed by atoms with van der Waals surface area (Å²) >= 11 is 0. The van der Waals surface area contributed by atoms with Crippen molar-refractivity contribution in [1.82, 2.24) is 10.2 Å². The minimum Gasteiger partial charge on any atom is -0.383 e. The van der Waals surface area contributed by atoms with Gasteiger partial charge in [-0.25, -0.2) is 0 Å². The Balaban J connectivity index is 1.88. The third-order valence-corrected chi connectivity index (χ3v) is 3.98. The number of nitrogens with zero attached hydrogens (tertiary/aromatic N) is 1. The third-order valence-electron chi connectivity index (χ3n) is 3.98. The van der Waals surface area contributed by atoms with Crippen molar-refractivity contribution in [3.05, 3.63) is 0 Å². The largest absolute Gasteiger partial charge is 0.383 e. The van der Waals surface area contributed by atoms with Gasteiger partial charge >= 0.3 is 0 Å². The topological polar surface area (TPSA) is 24.5 Å². The molecule has 3 heteroatoms. The normalized spacial score (nSPS) is 27.2. The summed E-state index contributed by atoms with van der Waals surface area (Å²) in [6, 6.07) is 1.34. The van der Waals surface area contributed by atoms with Crippen molar-refractivity contribution in [2.45, 2.75) is 57.2 Å². The number of hydrogen-bond donors (Lipinski definition) is 1. The molecule has 2 fully saturated rings. The van der Waals surface area contributed by atoms with Gasteiger partial charge in [-0.2, -0.15) is 0 Å². The molecule has 0 aromatic carbocycles. The van der Waals surface area contributed by atoms with E-state index < -0.39 is 0 Å². The first-order valence-corrected chi connectivity index (χ1v) is 6.62. The van der Waals surface area contributed by atoms with Crippen molar-refractivity contribution in [3.8, 4) is 0 Å². The summed E-state index contributed by atoms with van der Waals surface area (Å²) in [7, 11) is 1.81. The zero-order valence-corrected chi connectivity index (χ0v) is 11.0. The van der Waals surface area contributed by atoms with E-state index in [1.807, 2.05) is 7.11 Å². The molecule has 1 saturated heterocycles. The second kappa shape index (κ2) is 5.03. The maximum atomic E-state index is 5.38. The lowest BCUT2D eigenvalue weighted by Gasteiger charge is -2.38. The van der Waals surface area contributed by atoms with Gasteiger partial charge in [0.05, 0.1) is 6.61 Å². The van der Waals surface area contributed by atoms with Crippen LogP contribution in [-0.4, -0.2) is 49.3 Å². The fraction of sp³-hybridized carbons (Fsp3) is 1.00. The van der Waals surface area contributed by atoms with Crippen LogP contribution in [0, 0.1) is 0 Å². The Labute approximate surface area is 99.5 Å². The van der Waals surface area contributed by atoms with E-state index in [1.165, 1.54) is 32.2 Å². The molecule has 1 unspecified atom stereocenters. The van der Waals surface area contributed by atoms with Gasteiger partial charge in [-0.15, -0.1) is 0 Å². The molecule has 2 rings (SSSR count). The Morgan fingerprint density at radius 3 is 2.69 bits per heavy atom. The zero-order chi connectivity index (χ0) is 11.6. The lowest BCUT2D eigenvalue weighted by atomic mass is 10.0. The fourth-order valence-electron chi connectivity index (χ4n) is 2.85. The molecule has 2 aliphatic rings. The van der Waals surface area contributed by atoms with Crippen LogP contribution in [0.4, 0.5) is 0 Å². The molecule has 1 aliphatic carbocycles. The number of likely N-dealkylation sites (tertiary alicyclic amines) is 1. The highest BCUT2D eigenvalue weighted by molar-refractivity contribution is 4.94. The van der Waals surface area contributed by atoms with Crippen molar-refractivity contribution in [1.29, 1.82) is 0 Å². The predicted molar refractivity (Wildman–Crippen MR) is 66.7 cm³/mol. The van der Waals surface area contributed by atoms with Crippen molar-refractivity contribution >= 4 is 0 Å². The molecule has 0 spiro atoms. The van der Waals surface area contributed by atoms with Gasteiger partial charge in [0.2, 0.25) is 0 Å². The maximum absolute atomic E-state index is 5.38. The van der Waals surface area contributed by atoms with Gasteiger partial charge in [-0.3, -0.25) is 4.90 Å². The Morgan fingerprint density at radius 1 is 1.44 bits per heavy atom. The summed E-state index contributed by atoms with van der Waals surface area (Å²) in [5.74, 6) is 0. The third kappa shape index (κ3) is 2.96.